The van der Waals surface area contributed by atoms with Crippen LogP contribution in [0.3, 0.4) is 0 Å². The van der Waals surface area contributed by atoms with Crippen LogP contribution in [0.25, 0.3) is 0 Å². The highest BCUT2D eigenvalue weighted by Crippen LogP contribution is 2.43. The molecule has 0 saturated heterocycles. The molecule has 0 rings (SSSR count). The highest BCUT2D eigenvalue weighted by molar-refractivity contribution is 7.47. The second-order valence-corrected chi connectivity index (χ2v) is 15.4. The van der Waals surface area contributed by atoms with Crippen molar-refractivity contribution in [2.75, 3.05) is 47.5 Å². The SMILES string of the molecule is CC/C=C/C/C=C/C/C=C/C/C=C/C/C=C/CCCC(=O)OC[C@@H](COP(=O)(O)OCC[N+](C)(C)C)OC(=O)CCCCCCC/C=C/CCCC. The second-order valence-electron chi connectivity index (χ2n) is 13.9. The first-order valence-corrected chi connectivity index (χ1v) is 21.2. The lowest BCUT2D eigenvalue weighted by Crippen LogP contribution is -2.37. The molecule has 1 N–H and O–H groups in total. The molecule has 0 heterocycles. The van der Waals surface area contributed by atoms with Gasteiger partial charge in [-0.2, -0.15) is 0 Å². The Hall–Kier alpha value is -2.55. The fourth-order valence-electron chi connectivity index (χ4n) is 4.62. The van der Waals surface area contributed by atoms with Crippen molar-refractivity contribution in [1.29, 1.82) is 0 Å². The Labute approximate surface area is 317 Å². The summed E-state index contributed by atoms with van der Waals surface area (Å²) in [6, 6.07) is 0. The molecule has 0 fully saturated rings. The van der Waals surface area contributed by atoms with E-state index in [1.54, 1.807) is 0 Å². The number of unbranched alkanes of at least 4 members (excludes halogenated alkanes) is 8. The minimum atomic E-state index is -4.39. The van der Waals surface area contributed by atoms with Crippen LogP contribution in [0.15, 0.2) is 72.9 Å². The highest BCUT2D eigenvalue weighted by Gasteiger charge is 2.27. The van der Waals surface area contributed by atoms with Gasteiger partial charge in [-0.3, -0.25) is 18.6 Å². The van der Waals surface area contributed by atoms with E-state index < -0.39 is 32.5 Å². The molecule has 0 aliphatic heterocycles. The summed E-state index contributed by atoms with van der Waals surface area (Å²) in [5.74, 6) is -0.888. The normalized spacial score (nSPS) is 14.5. The molecule has 10 heteroatoms. The first kappa shape index (κ1) is 49.5. The van der Waals surface area contributed by atoms with E-state index in [1.807, 2.05) is 27.2 Å². The molecule has 0 aliphatic rings. The maximum absolute atomic E-state index is 12.6. The van der Waals surface area contributed by atoms with Crippen LogP contribution in [0, 0.1) is 0 Å². The van der Waals surface area contributed by atoms with Crippen molar-refractivity contribution in [3.63, 3.8) is 0 Å². The van der Waals surface area contributed by atoms with Crippen LogP contribution in [-0.2, 0) is 32.7 Å². The number of likely N-dealkylation sites (N-methyl/N-ethyl adjacent to an activating group) is 1. The molecule has 2 atom stereocenters. The van der Waals surface area contributed by atoms with E-state index in [0.29, 0.717) is 23.9 Å². The minimum absolute atomic E-state index is 0.0176. The molecule has 0 saturated carbocycles. The second kappa shape index (κ2) is 34.2. The minimum Gasteiger partial charge on any atom is -0.462 e. The number of rotatable bonds is 34. The molecule has 0 spiro atoms. The highest BCUT2D eigenvalue weighted by atomic mass is 31.2. The largest absolute Gasteiger partial charge is 0.472 e. The van der Waals surface area contributed by atoms with Crippen LogP contribution in [-0.4, -0.2) is 74.9 Å². The van der Waals surface area contributed by atoms with Crippen LogP contribution >= 0.6 is 7.82 Å². The topological polar surface area (TPSA) is 108 Å². The van der Waals surface area contributed by atoms with Crippen molar-refractivity contribution in [3.8, 4) is 0 Å². The lowest BCUT2D eigenvalue weighted by molar-refractivity contribution is -0.870. The number of phosphoric ester groups is 1. The fourth-order valence-corrected chi connectivity index (χ4v) is 5.36. The molecule has 1 unspecified atom stereocenters. The Morgan fingerprint density at radius 3 is 1.71 bits per heavy atom. The van der Waals surface area contributed by atoms with Crippen molar-refractivity contribution in [2.24, 2.45) is 0 Å². The average Bonchev–Trinajstić information content (AvgIpc) is 3.09. The standard InChI is InChI=1S/C42H72NO8P/c1-6-8-10-12-14-16-18-19-20-21-22-23-25-26-28-30-32-34-41(44)48-38-40(39-50-52(46,47)49-37-36-43(3,4)5)51-42(45)35-33-31-29-27-24-17-15-13-11-9-7-2/h8,10,13-16,19-20,22-23,26,28,40H,6-7,9,11-12,17-18,21,24-25,27,29-39H2,1-5H3/p+1/b10-8+,15-13+,16-14+,20-19+,23-22+,28-26+/t40-/m0/s1. The first-order chi connectivity index (χ1) is 25.0. The molecule has 0 aromatic heterocycles. The van der Waals surface area contributed by atoms with E-state index in [-0.39, 0.29) is 26.1 Å². The van der Waals surface area contributed by atoms with Gasteiger partial charge >= 0.3 is 19.8 Å². The third-order valence-corrected chi connectivity index (χ3v) is 8.70. The van der Waals surface area contributed by atoms with Crippen molar-refractivity contribution in [1.82, 2.24) is 0 Å². The maximum atomic E-state index is 12.6. The van der Waals surface area contributed by atoms with Gasteiger partial charge in [0.05, 0.1) is 27.7 Å². The number of phosphoric acid groups is 1. The van der Waals surface area contributed by atoms with Crippen molar-refractivity contribution in [3.05, 3.63) is 72.9 Å². The molecule has 0 aromatic carbocycles. The Kier molecular flexibility index (Phi) is 32.6. The Balaban J connectivity index is 4.53. The number of hydrogen-bond acceptors (Lipinski definition) is 7. The third-order valence-electron chi connectivity index (χ3n) is 7.72. The molecule has 9 nitrogen and oxygen atoms in total. The van der Waals surface area contributed by atoms with Gasteiger partial charge in [-0.25, -0.2) is 4.57 Å². The molecular weight excluding hydrogens is 677 g/mol. The number of allylic oxidation sites excluding steroid dienone is 12. The summed E-state index contributed by atoms with van der Waals surface area (Å²) in [5, 5.41) is 0. The molecule has 52 heavy (non-hydrogen) atoms. The molecule has 0 aliphatic carbocycles. The quantitative estimate of drug-likeness (QED) is 0.0228. The lowest BCUT2D eigenvalue weighted by Gasteiger charge is -2.24. The van der Waals surface area contributed by atoms with Crippen LogP contribution in [0.5, 0.6) is 0 Å². The number of ether oxygens (including phenoxy) is 2. The van der Waals surface area contributed by atoms with Gasteiger partial charge in [-0.15, -0.1) is 0 Å². The van der Waals surface area contributed by atoms with E-state index in [1.165, 1.54) is 12.8 Å². The monoisotopic (exact) mass is 751 g/mol. The number of nitrogens with zero attached hydrogens (tertiary/aromatic N) is 1. The average molecular weight is 751 g/mol. The van der Waals surface area contributed by atoms with E-state index in [4.69, 9.17) is 18.5 Å². The van der Waals surface area contributed by atoms with Crippen molar-refractivity contribution >= 4 is 19.8 Å². The summed E-state index contributed by atoms with van der Waals surface area (Å²) in [7, 11) is 1.43. The fraction of sp³-hybridized carbons (Fsp3) is 0.667. The molecule has 0 aromatic rings. The van der Waals surface area contributed by atoms with Crippen LogP contribution < -0.4 is 0 Å². The summed E-state index contributed by atoms with van der Waals surface area (Å²) in [6.45, 7) is 4.15. The zero-order valence-corrected chi connectivity index (χ0v) is 34.2. The number of hydrogen-bond donors (Lipinski definition) is 1. The number of carbonyl (C=O) groups excluding carboxylic acids is 2. The summed E-state index contributed by atoms with van der Waals surface area (Å²) in [6.07, 6.45) is 41.0. The van der Waals surface area contributed by atoms with Gasteiger partial charge in [-0.1, -0.05) is 119 Å². The lowest BCUT2D eigenvalue weighted by atomic mass is 10.1. The predicted octanol–water partition coefficient (Wildman–Crippen LogP) is 10.7. The summed E-state index contributed by atoms with van der Waals surface area (Å²) < 4.78 is 34.1. The van der Waals surface area contributed by atoms with E-state index in [9.17, 15) is 19.0 Å². The zero-order chi connectivity index (χ0) is 38.6. The summed E-state index contributed by atoms with van der Waals surface area (Å²) in [4.78, 5) is 35.2. The van der Waals surface area contributed by atoms with Gasteiger partial charge in [0, 0.05) is 12.8 Å². The molecule has 298 valence electrons. The van der Waals surface area contributed by atoms with Crippen molar-refractivity contribution in [2.45, 2.75) is 136 Å². The van der Waals surface area contributed by atoms with Gasteiger partial charge in [0.2, 0.25) is 0 Å². The Morgan fingerprint density at radius 1 is 0.615 bits per heavy atom. The summed E-state index contributed by atoms with van der Waals surface area (Å²) in [5.41, 5.74) is 0. The molecule has 0 bridgehead atoms. The molecule has 0 radical (unpaired) electrons. The number of carbonyl (C=O) groups is 2. The maximum Gasteiger partial charge on any atom is 0.472 e. The number of esters is 2. The number of quaternary nitrogens is 1. The Morgan fingerprint density at radius 2 is 1.12 bits per heavy atom. The smallest absolute Gasteiger partial charge is 0.462 e. The first-order valence-electron chi connectivity index (χ1n) is 19.7. The van der Waals surface area contributed by atoms with Gasteiger partial charge in [0.1, 0.15) is 19.8 Å². The predicted molar refractivity (Wildman–Crippen MR) is 215 cm³/mol. The van der Waals surface area contributed by atoms with Crippen molar-refractivity contribution < 1.29 is 42.1 Å². The van der Waals surface area contributed by atoms with Gasteiger partial charge in [0.15, 0.2) is 6.10 Å². The van der Waals surface area contributed by atoms with Gasteiger partial charge < -0.3 is 18.9 Å². The zero-order valence-electron chi connectivity index (χ0n) is 33.3. The molecule has 0 amide bonds. The van der Waals surface area contributed by atoms with Crippen LogP contribution in [0.1, 0.15) is 129 Å². The summed E-state index contributed by atoms with van der Waals surface area (Å²) >= 11 is 0. The van der Waals surface area contributed by atoms with E-state index in [0.717, 1.165) is 77.0 Å². The van der Waals surface area contributed by atoms with E-state index in [2.05, 4.69) is 80.7 Å². The third kappa shape index (κ3) is 37.2. The van der Waals surface area contributed by atoms with Gasteiger partial charge in [-0.05, 0) is 70.6 Å². The van der Waals surface area contributed by atoms with Crippen LogP contribution in [0.4, 0.5) is 0 Å². The Bertz CT molecular complexity index is 1120. The van der Waals surface area contributed by atoms with E-state index >= 15 is 0 Å². The molecular formula is C42H73NO8P+. The van der Waals surface area contributed by atoms with Gasteiger partial charge in [0.25, 0.3) is 0 Å². The van der Waals surface area contributed by atoms with Crippen LogP contribution in [0.2, 0.25) is 0 Å².